The average Bonchev–Trinajstić information content (AvgIpc) is 1.45. The molecule has 0 saturated heterocycles. The van der Waals surface area contributed by atoms with Crippen molar-refractivity contribution in [1.82, 2.24) is 0 Å². The van der Waals surface area contributed by atoms with Crippen molar-refractivity contribution in [3.8, 4) is 11.8 Å². The smallest absolute Gasteiger partial charge is 0.248 e. The summed E-state index contributed by atoms with van der Waals surface area (Å²) in [5, 5.41) is 43.8. The summed E-state index contributed by atoms with van der Waals surface area (Å²) >= 11 is 0. The maximum atomic E-state index is 14.2. The van der Waals surface area contributed by atoms with Gasteiger partial charge in [0.1, 0.15) is 17.2 Å². The zero-order valence-electron chi connectivity index (χ0n) is 85.9. The molecular formula is C119H185F2NO8. The topological polar surface area (TPSA) is 145 Å². The number of carbonyl (C=O) groups is 3. The monoisotopic (exact) mass is 1790 g/mol. The van der Waals surface area contributed by atoms with Crippen molar-refractivity contribution >= 4 is 23.0 Å². The minimum atomic E-state index is -2.45. The molecule has 18 saturated carbocycles. The Kier molecular flexibility index (Phi) is 27.6. The van der Waals surface area contributed by atoms with Crippen LogP contribution < -0.4 is 4.90 Å². The second-order valence-electron chi connectivity index (χ2n) is 53.6. The normalized spacial score (nSPS) is 49.0. The summed E-state index contributed by atoms with van der Waals surface area (Å²) in [4.78, 5) is 38.6. The number of ketones is 3. The van der Waals surface area contributed by atoms with Crippen LogP contribution in [-0.4, -0.2) is 92.9 Å². The fourth-order valence-corrected chi connectivity index (χ4v) is 38.9. The molecule has 0 spiro atoms. The molecule has 0 amide bonds. The first kappa shape index (κ1) is 98.3. The van der Waals surface area contributed by atoms with E-state index >= 15 is 0 Å². The molecule has 0 bridgehead atoms. The van der Waals surface area contributed by atoms with Gasteiger partial charge in [-0.25, -0.2) is 8.78 Å². The first-order valence-corrected chi connectivity index (χ1v) is 55.3. The van der Waals surface area contributed by atoms with Crippen LogP contribution >= 0.6 is 0 Å². The number of halogens is 2. The van der Waals surface area contributed by atoms with E-state index < -0.39 is 11.5 Å². The third-order valence-electron chi connectivity index (χ3n) is 46.9. The lowest BCUT2D eigenvalue weighted by Gasteiger charge is -2.63. The fourth-order valence-electron chi connectivity index (χ4n) is 38.9. The van der Waals surface area contributed by atoms with Crippen LogP contribution in [0.15, 0.2) is 47.1 Å². The van der Waals surface area contributed by atoms with Crippen LogP contribution in [0.2, 0.25) is 0 Å². The lowest BCUT2D eigenvalue weighted by molar-refractivity contribution is -0.189. The summed E-state index contributed by atoms with van der Waals surface area (Å²) in [6.45, 7) is 47.0. The number of hydrogen-bond donors (Lipinski definition) is 4. The summed E-state index contributed by atoms with van der Waals surface area (Å²) < 4.78 is 34.7. The number of benzene rings is 1. The third kappa shape index (κ3) is 16.5. The van der Waals surface area contributed by atoms with Crippen LogP contribution in [-0.2, 0) is 19.1 Å². The van der Waals surface area contributed by atoms with E-state index in [1.165, 1.54) is 138 Å². The number of aliphatic hydroxyl groups is 4. The number of rotatable bonds is 8. The Morgan fingerprint density at radius 1 is 0.438 bits per heavy atom. The van der Waals surface area contributed by atoms with E-state index in [0.717, 1.165) is 193 Å². The summed E-state index contributed by atoms with van der Waals surface area (Å²) in [6.07, 6.45) is 47.0. The quantitative estimate of drug-likeness (QED) is 0.187. The summed E-state index contributed by atoms with van der Waals surface area (Å²) in [5.41, 5.74) is 8.11. The van der Waals surface area contributed by atoms with Crippen molar-refractivity contribution in [2.75, 3.05) is 11.9 Å². The maximum Gasteiger partial charge on any atom is 0.248 e. The second kappa shape index (κ2) is 36.4. The van der Waals surface area contributed by atoms with Crippen molar-refractivity contribution < 1.29 is 48.3 Å². The Balaban J connectivity index is 0.000000115. The molecule has 21 rings (SSSR count). The highest BCUT2D eigenvalue weighted by Crippen LogP contribution is 2.75. The number of fused-ring (bicyclic) bond motifs is 24. The number of carbonyl (C=O) groups excluding carboxylic acids is 3. The zero-order valence-corrected chi connectivity index (χ0v) is 85.9. The van der Waals surface area contributed by atoms with E-state index in [0.29, 0.717) is 129 Å². The van der Waals surface area contributed by atoms with E-state index in [9.17, 15) is 43.6 Å². The van der Waals surface area contributed by atoms with Gasteiger partial charge >= 0.3 is 0 Å². The molecule has 0 radical (unpaired) electrons. The second-order valence-corrected chi connectivity index (χ2v) is 53.6. The largest absolute Gasteiger partial charge is 0.393 e. The molecule has 0 aliphatic heterocycles. The van der Waals surface area contributed by atoms with Crippen molar-refractivity contribution in [3.63, 3.8) is 0 Å². The van der Waals surface area contributed by atoms with Gasteiger partial charge in [0.25, 0.3) is 0 Å². The van der Waals surface area contributed by atoms with Crippen LogP contribution in [0.1, 0.15) is 413 Å². The van der Waals surface area contributed by atoms with Gasteiger partial charge in [0.15, 0.2) is 5.78 Å². The van der Waals surface area contributed by atoms with E-state index in [1.54, 1.807) is 5.57 Å². The molecule has 11 heteroatoms. The fraction of sp³-hybridized carbons (Fsp3) is 0.874. The predicted octanol–water partition coefficient (Wildman–Crippen LogP) is 28.0. The molecule has 0 aromatic heterocycles. The van der Waals surface area contributed by atoms with E-state index in [-0.39, 0.29) is 75.8 Å². The van der Waals surface area contributed by atoms with Crippen LogP contribution in [0.4, 0.5) is 14.5 Å². The predicted molar refractivity (Wildman–Crippen MR) is 524 cm³/mol. The van der Waals surface area contributed by atoms with E-state index in [2.05, 4.69) is 180 Å². The molecule has 1 aromatic rings. The van der Waals surface area contributed by atoms with Gasteiger partial charge in [-0.15, -0.1) is 5.92 Å². The van der Waals surface area contributed by atoms with Crippen molar-refractivity contribution in [2.24, 2.45) is 191 Å². The van der Waals surface area contributed by atoms with Crippen LogP contribution in [0.3, 0.4) is 0 Å². The third-order valence-corrected chi connectivity index (χ3v) is 46.9. The molecule has 0 heterocycles. The summed E-state index contributed by atoms with van der Waals surface area (Å²) in [7, 11) is 2.14. The standard InChI is InChI=1S/C31H39NO2.C22H36F2O.2C22H36O2.C22H38O/c1-6-16-31(34)17-15-28-26-13-9-22-18-24(33)12-14-25(22)29(26)27(19-30(28,31)4)21-7-10-23(11-8-21)32(5)20(2)3;1-13(2)15-11-14-12-22(23,24)10-9-20(14,3)17-7-8-21(4)16(19(15)17)5-6-18(21)25;1-13(2)16-12-14-11-15(23)7-9-21(14,3)18-8-10-22(4)17(20(16)18)5-6-19(22)24;1-14(2)24-20-8-7-18-17-6-5-15-13-16(23)9-11-21(15,3)19(17)10-12-22(18,20)4;1-14(2)16-13-15-7-5-6-11-21(15,3)18-10-12-22(4)17(20(16)18)8-9-19(22)23/h7-8,10-11,18,20,26-28,34H,9,12-15,17,19H2,1-5H3;13-19,25H,5-12H2,1-4H3;13-14,16-20,24H,5-12H2,1-4H3;14-15,17-20H,5-13H2,1-4H3;14-20,23H,5-13H2,1-4H3/t26-,27?,28-,30-,31-;14-,15-,16-,17-,18-,19-,20-,21-;14-,16+,17+,18+,19+,20+,21+,22+;15-,17-,18-,19-,20-,21-,22-;15-,16+,17+,18+,19+,20+,21+,22+/m00101/s1. The first-order valence-electron chi connectivity index (χ1n) is 55.3. The minimum absolute atomic E-state index is 0.0295. The number of nitrogens with zero attached hydrogens (tertiary/aromatic N) is 1. The van der Waals surface area contributed by atoms with Gasteiger partial charge in [0.05, 0.1) is 30.5 Å². The van der Waals surface area contributed by atoms with Crippen LogP contribution in [0, 0.1) is 203 Å². The molecule has 18 fully saturated rings. The zero-order chi connectivity index (χ0) is 93.2. The maximum absolute atomic E-state index is 14.2. The van der Waals surface area contributed by atoms with Gasteiger partial charge in [0.2, 0.25) is 5.92 Å². The van der Waals surface area contributed by atoms with Crippen LogP contribution in [0.25, 0.3) is 0 Å². The summed E-state index contributed by atoms with van der Waals surface area (Å²) in [6, 6.07) is 9.56. The number of allylic oxidation sites excluding steroid dienone is 4. The van der Waals surface area contributed by atoms with E-state index in [1.807, 2.05) is 13.0 Å². The number of aliphatic hydroxyl groups excluding tert-OH is 3. The van der Waals surface area contributed by atoms with Crippen molar-refractivity contribution in [3.05, 3.63) is 52.6 Å². The highest BCUT2D eigenvalue weighted by molar-refractivity contribution is 5.93. The first-order chi connectivity index (χ1) is 61.3. The van der Waals surface area contributed by atoms with E-state index in [4.69, 9.17) is 4.74 Å². The van der Waals surface area contributed by atoms with Crippen molar-refractivity contribution in [1.29, 1.82) is 0 Å². The van der Waals surface area contributed by atoms with Gasteiger partial charge in [-0.1, -0.05) is 140 Å². The van der Waals surface area contributed by atoms with Crippen LogP contribution in [0.5, 0.6) is 0 Å². The Bertz CT molecular complexity index is 4370. The molecule has 728 valence electrons. The van der Waals surface area contributed by atoms with Gasteiger partial charge < -0.3 is 30.1 Å². The van der Waals surface area contributed by atoms with Gasteiger partial charge in [-0.05, 0) is 460 Å². The molecule has 20 aliphatic rings. The Morgan fingerprint density at radius 2 is 0.908 bits per heavy atom. The van der Waals surface area contributed by atoms with Gasteiger partial charge in [-0.2, -0.15) is 0 Å². The minimum Gasteiger partial charge on any atom is -0.393 e. The highest BCUT2D eigenvalue weighted by Gasteiger charge is 2.70. The molecule has 36 atom stereocenters. The molecule has 4 N–H and O–H groups in total. The molecule has 20 aliphatic carbocycles. The average molecular weight is 1800 g/mol. The number of hydrogen-bond acceptors (Lipinski definition) is 9. The summed E-state index contributed by atoms with van der Waals surface area (Å²) in [5.74, 6) is 22.4. The lowest BCUT2D eigenvalue weighted by Crippen LogP contribution is -2.58. The number of Topliss-reactive ketones (excluding diaryl/α,β-unsaturated/α-hetero) is 2. The molecular weight excluding hydrogens is 1610 g/mol. The molecule has 1 aromatic carbocycles. The molecule has 9 nitrogen and oxygen atoms in total. The van der Waals surface area contributed by atoms with Gasteiger partial charge in [0, 0.05) is 75.1 Å². The highest BCUT2D eigenvalue weighted by atomic mass is 19.3. The molecule has 130 heavy (non-hydrogen) atoms. The SMILES string of the molecule is CC#C[C@]1(O)CC[C@H]2[C@@H]3CCC4=CC(=O)CCC4=C3C(c3ccc(N(C)C(C)C)cc3)C[C@@]21C.CC(C)O[C@H]1CC[C@H]2[C@@H]3CC[C@H]4CC(=O)CC[C@]4(C)[C@H]3CC[C@]12C.CC(C)[C@@H]1C[C@H]2CC(=O)CC[C@]2(C)[C@H]2CC[C@]3(C)[C@@H](O)CC[C@H]3[C@H]12.CC(C)[C@@H]1C[C@H]2CC(F)(F)CC[C@]2(C)[C@H]2CC[C@]3(C)[C@@H](O)CC[C@H]3[C@H]12.CC(C)[C@@H]1C[C@H]2CCCC[C@]2(C)[C@H]2CC[C@]3(C)[C@@H](O)CC[C@H]3[C@H]12. The number of anilines is 1. The Morgan fingerprint density at radius 3 is 1.44 bits per heavy atom. The number of ether oxygens (including phenoxy) is 1. The van der Waals surface area contributed by atoms with Gasteiger partial charge in [-0.3, -0.25) is 14.4 Å². The lowest BCUT2D eigenvalue weighted by atomic mass is 9.42. The number of alkyl halides is 2. The Hall–Kier alpha value is -3.27. The Labute approximate surface area is 789 Å². The van der Waals surface area contributed by atoms with Crippen molar-refractivity contribution in [2.45, 2.75) is 456 Å². The molecule has 1 unspecified atom stereocenters.